The maximum absolute atomic E-state index is 13.2. The van der Waals surface area contributed by atoms with E-state index in [-0.39, 0.29) is 27.4 Å². The van der Waals surface area contributed by atoms with Gasteiger partial charge in [0.05, 0.1) is 0 Å². The number of carbonyl (C=O) groups excluding carboxylic acids is 2. The fraction of sp³-hybridized carbons (Fsp3) is 0.400. The molecule has 2 aromatic rings. The molecule has 18 heteroatoms. The average Bonchev–Trinajstić information content (AvgIpc) is 3.60. The van der Waals surface area contributed by atoms with Gasteiger partial charge in [-0.15, -0.1) is 11.8 Å². The summed E-state index contributed by atoms with van der Waals surface area (Å²) >= 11 is 8.32. The summed E-state index contributed by atoms with van der Waals surface area (Å²) in [6.45, 7) is 3.33. The number of nitrogens with zero attached hydrogens (tertiary/aromatic N) is 4. The fourth-order valence-electron chi connectivity index (χ4n) is 4.74. The van der Waals surface area contributed by atoms with Crippen molar-refractivity contribution in [3.63, 3.8) is 0 Å². The number of nitrogens with two attached hydrogens (primary N) is 1. The number of aliphatic carboxylic acids is 2. The summed E-state index contributed by atoms with van der Waals surface area (Å²) in [5.74, 6) is -3.83. The number of carbonyl (C=O) groups is 4. The van der Waals surface area contributed by atoms with Gasteiger partial charge in [-0.1, -0.05) is 28.1 Å². The number of hydrogen-bond donors (Lipinski definition) is 6. The molecule has 5 rings (SSSR count). The van der Waals surface area contributed by atoms with Crippen molar-refractivity contribution in [3.8, 4) is 0 Å². The second-order valence-corrected chi connectivity index (χ2v) is 12.6. The molecule has 0 unspecified atom stereocenters. The summed E-state index contributed by atoms with van der Waals surface area (Å²) in [5.41, 5.74) is 6.43. The summed E-state index contributed by atoms with van der Waals surface area (Å²) in [6.07, 6.45) is 3.33. The van der Waals surface area contributed by atoms with Crippen LogP contribution in [0.5, 0.6) is 0 Å². The molecule has 2 amide bonds. The van der Waals surface area contributed by atoms with Crippen LogP contribution in [0.1, 0.15) is 19.0 Å². The highest BCUT2D eigenvalue weighted by atomic mass is 35.5. The van der Waals surface area contributed by atoms with Crippen molar-refractivity contribution in [2.75, 3.05) is 29.9 Å². The van der Waals surface area contributed by atoms with Crippen LogP contribution in [0.25, 0.3) is 0 Å². The van der Waals surface area contributed by atoms with Crippen LogP contribution in [0.3, 0.4) is 0 Å². The number of oxime groups is 1. The third-order valence-electron chi connectivity index (χ3n) is 6.92. The van der Waals surface area contributed by atoms with Crippen LogP contribution in [-0.2, 0) is 30.6 Å². The number of hydrogen-bond acceptors (Lipinski definition) is 12. The summed E-state index contributed by atoms with van der Waals surface area (Å²) < 4.78 is 1.84. The molecule has 3 aliphatic heterocycles. The van der Waals surface area contributed by atoms with Crippen molar-refractivity contribution in [1.82, 2.24) is 20.5 Å². The third kappa shape index (κ3) is 6.53. The second kappa shape index (κ2) is 12.7. The molecule has 228 valence electrons. The van der Waals surface area contributed by atoms with Crippen LogP contribution >= 0.6 is 34.7 Å². The molecule has 0 bridgehead atoms. The van der Waals surface area contributed by atoms with Gasteiger partial charge in [0.15, 0.2) is 29.8 Å². The Kier molecular flexibility index (Phi) is 9.05. The minimum atomic E-state index is -1.40. The van der Waals surface area contributed by atoms with E-state index >= 15 is 0 Å². The molecule has 2 aromatic heterocycles. The van der Waals surface area contributed by atoms with Crippen molar-refractivity contribution in [3.05, 3.63) is 45.8 Å². The van der Waals surface area contributed by atoms with Crippen molar-refractivity contribution in [2.24, 2.45) is 5.16 Å². The number of anilines is 2. The predicted octanol–water partition coefficient (Wildman–Crippen LogP) is 0.0726. The van der Waals surface area contributed by atoms with E-state index in [0.29, 0.717) is 17.4 Å². The van der Waals surface area contributed by atoms with E-state index in [2.05, 4.69) is 26.1 Å². The number of β-lactam (4-membered cyclic amide) rings is 1. The number of rotatable bonds is 11. The Hall–Kier alpha value is -3.93. The van der Waals surface area contributed by atoms with Crippen LogP contribution in [0, 0.1) is 0 Å². The molecule has 0 aliphatic carbocycles. The Bertz CT molecular complexity index is 1510. The van der Waals surface area contributed by atoms with Crippen LogP contribution in [0.2, 0.25) is 4.34 Å². The number of nitrogen functional groups attached to an aromatic ring is 1. The highest BCUT2D eigenvalue weighted by molar-refractivity contribution is 8.00. The number of thiazole rings is 1. The van der Waals surface area contributed by atoms with Gasteiger partial charge in [0.1, 0.15) is 27.1 Å². The summed E-state index contributed by atoms with van der Waals surface area (Å²) in [7, 11) is 0. The lowest BCUT2D eigenvalue weighted by Gasteiger charge is -2.49. The van der Waals surface area contributed by atoms with Crippen molar-refractivity contribution >= 4 is 75.0 Å². The zero-order chi connectivity index (χ0) is 30.8. The molecule has 0 spiro atoms. The SMILES string of the molecule is C[C@H](ON=C(C(=O)N[C@@H]1C(=O)N2C(C(=O)O)=C(C[n+]3ccc(N[C@@H]4CCNC4)cc3)CS[C@H]12)c1nc(N)sc1Cl)C(=O)O. The molecule has 0 aromatic carbocycles. The Balaban J connectivity index is 1.30. The van der Waals surface area contributed by atoms with Gasteiger partial charge in [0.25, 0.3) is 11.8 Å². The van der Waals surface area contributed by atoms with E-state index in [9.17, 15) is 24.3 Å². The largest absolute Gasteiger partial charge is 0.478 e. The maximum atomic E-state index is 13.2. The maximum Gasteiger partial charge on any atom is 0.352 e. The lowest BCUT2D eigenvalue weighted by Crippen LogP contribution is -2.71. The Labute approximate surface area is 258 Å². The van der Waals surface area contributed by atoms with E-state index in [0.717, 1.165) is 41.4 Å². The smallest absolute Gasteiger partial charge is 0.352 e. The van der Waals surface area contributed by atoms with Gasteiger partial charge >= 0.3 is 11.9 Å². The van der Waals surface area contributed by atoms with Gasteiger partial charge < -0.3 is 36.7 Å². The van der Waals surface area contributed by atoms with Crippen LogP contribution in [-0.4, -0.2) is 92.0 Å². The molecule has 2 saturated heterocycles. The molecular formula is C25H28ClN8O7S2+. The lowest BCUT2D eigenvalue weighted by molar-refractivity contribution is -0.688. The van der Waals surface area contributed by atoms with E-state index in [1.54, 1.807) is 0 Å². The number of carboxylic acid groups (broad SMARTS) is 2. The standard InChI is InChI=1S/C25H27ClN8O7S2/c1-11(23(37)38)41-32-16(15-19(26)43-25(27)31-15)20(35)30-17-21(36)34-18(24(39)40)12(10-42-22(17)34)9-33-6-3-13(4-7-33)29-14-2-5-28-8-14/h3-4,6-7,11,14,17,22,28H,2,5,8-10H2,1H3,(H5,27,30,31,35,37,38,39,40)/p+1/t11-,14+,17+,22+/m0/s1. The van der Waals surface area contributed by atoms with Gasteiger partial charge in [0, 0.05) is 41.7 Å². The Morgan fingerprint density at radius 1 is 1.35 bits per heavy atom. The zero-order valence-electron chi connectivity index (χ0n) is 22.7. The Morgan fingerprint density at radius 3 is 2.70 bits per heavy atom. The molecule has 7 N–H and O–H groups in total. The monoisotopic (exact) mass is 651 g/mol. The molecule has 15 nitrogen and oxygen atoms in total. The quantitative estimate of drug-likeness (QED) is 0.0825. The Morgan fingerprint density at radius 2 is 2.09 bits per heavy atom. The molecule has 43 heavy (non-hydrogen) atoms. The van der Waals surface area contributed by atoms with Crippen molar-refractivity contribution in [1.29, 1.82) is 0 Å². The van der Waals surface area contributed by atoms with E-state index in [4.69, 9.17) is 27.3 Å². The normalized spacial score (nSPS) is 22.5. The van der Waals surface area contributed by atoms with Gasteiger partial charge in [-0.05, 0) is 19.9 Å². The van der Waals surface area contributed by atoms with E-state index < -0.39 is 47.0 Å². The lowest BCUT2D eigenvalue weighted by atomic mass is 10.0. The minimum Gasteiger partial charge on any atom is -0.478 e. The van der Waals surface area contributed by atoms with Crippen LogP contribution in [0.4, 0.5) is 10.8 Å². The third-order valence-corrected chi connectivity index (χ3v) is 9.35. The highest BCUT2D eigenvalue weighted by Gasteiger charge is 2.55. The molecule has 5 heterocycles. The number of amides is 2. The predicted molar refractivity (Wildman–Crippen MR) is 157 cm³/mol. The van der Waals surface area contributed by atoms with Gasteiger partial charge in [-0.2, -0.15) is 0 Å². The summed E-state index contributed by atoms with van der Waals surface area (Å²) in [5, 5.41) is 31.4. The number of pyridine rings is 1. The van der Waals surface area contributed by atoms with E-state index in [1.807, 2.05) is 29.1 Å². The number of fused-ring (bicyclic) bond motifs is 1. The van der Waals surface area contributed by atoms with Crippen LogP contribution < -0.4 is 26.3 Å². The second-order valence-electron chi connectivity index (χ2n) is 9.91. The zero-order valence-corrected chi connectivity index (χ0v) is 25.0. The first-order valence-corrected chi connectivity index (χ1v) is 15.3. The van der Waals surface area contributed by atoms with Gasteiger partial charge in [0.2, 0.25) is 6.10 Å². The number of halogens is 1. The number of thioether (sulfide) groups is 1. The molecule has 0 radical (unpaired) electrons. The number of nitrogens with one attached hydrogen (secondary N) is 3. The first kappa shape index (κ1) is 30.5. The number of aromatic nitrogens is 2. The van der Waals surface area contributed by atoms with Gasteiger partial charge in [-0.3, -0.25) is 14.5 Å². The highest BCUT2D eigenvalue weighted by Crippen LogP contribution is 2.40. The van der Waals surface area contributed by atoms with Crippen molar-refractivity contribution in [2.45, 2.75) is 43.5 Å². The van der Waals surface area contributed by atoms with Crippen molar-refractivity contribution < 1.29 is 38.8 Å². The minimum absolute atomic E-state index is 0.00387. The van der Waals surface area contributed by atoms with Gasteiger partial charge in [-0.25, -0.2) is 19.1 Å². The topological polar surface area (TPSA) is 212 Å². The number of carboxylic acids is 2. The first-order valence-electron chi connectivity index (χ1n) is 13.1. The fourth-order valence-corrected chi connectivity index (χ4v) is 7.00. The molecule has 3 aliphatic rings. The molecular weight excluding hydrogens is 624 g/mol. The molecule has 4 atom stereocenters. The summed E-state index contributed by atoms with van der Waals surface area (Å²) in [4.78, 5) is 60.0. The van der Waals surface area contributed by atoms with E-state index in [1.165, 1.54) is 18.7 Å². The first-order chi connectivity index (χ1) is 20.5. The summed E-state index contributed by atoms with van der Waals surface area (Å²) in [6, 6.07) is 3.10. The average molecular weight is 652 g/mol. The molecule has 2 fully saturated rings. The molecule has 0 saturated carbocycles. The van der Waals surface area contributed by atoms with Crippen LogP contribution in [0.15, 0.2) is 41.0 Å².